The second kappa shape index (κ2) is 5.87. The summed E-state index contributed by atoms with van der Waals surface area (Å²) in [6.45, 7) is 7.07. The first-order valence-corrected chi connectivity index (χ1v) is 8.13. The van der Waals surface area contributed by atoms with Gasteiger partial charge in [0.1, 0.15) is 0 Å². The highest BCUT2D eigenvalue weighted by Gasteiger charge is 2.34. The van der Waals surface area contributed by atoms with Gasteiger partial charge in [0.05, 0.1) is 0 Å². The molecule has 1 aliphatic carbocycles. The van der Waals surface area contributed by atoms with E-state index < -0.39 is 0 Å². The Morgan fingerprint density at radius 3 is 2.75 bits per heavy atom. The molecule has 1 aromatic carbocycles. The number of likely N-dealkylation sites (tertiary alicyclic amines) is 1. The molecule has 3 rings (SSSR count). The van der Waals surface area contributed by atoms with Crippen LogP contribution < -0.4 is 5.32 Å². The van der Waals surface area contributed by atoms with Crippen molar-refractivity contribution in [2.75, 3.05) is 20.1 Å². The average molecular weight is 272 g/mol. The zero-order chi connectivity index (χ0) is 14.1. The molecule has 2 nitrogen and oxygen atoms in total. The summed E-state index contributed by atoms with van der Waals surface area (Å²) in [7, 11) is 2.24. The van der Waals surface area contributed by atoms with E-state index in [-0.39, 0.29) is 0 Å². The van der Waals surface area contributed by atoms with Gasteiger partial charge in [-0.25, -0.2) is 0 Å². The monoisotopic (exact) mass is 272 g/mol. The topological polar surface area (TPSA) is 15.3 Å². The lowest BCUT2D eigenvalue weighted by Gasteiger charge is -2.43. The van der Waals surface area contributed by atoms with Crippen molar-refractivity contribution in [1.82, 2.24) is 10.2 Å². The second-order valence-corrected chi connectivity index (χ2v) is 7.08. The largest absolute Gasteiger partial charge is 0.311 e. The fourth-order valence-electron chi connectivity index (χ4n) is 3.85. The van der Waals surface area contributed by atoms with Gasteiger partial charge >= 0.3 is 0 Å². The van der Waals surface area contributed by atoms with Gasteiger partial charge in [0.2, 0.25) is 0 Å². The maximum absolute atomic E-state index is 3.91. The van der Waals surface area contributed by atoms with Gasteiger partial charge in [0.25, 0.3) is 0 Å². The Balaban J connectivity index is 1.49. The first kappa shape index (κ1) is 14.1. The molecule has 2 atom stereocenters. The minimum atomic E-state index is 0.731. The van der Waals surface area contributed by atoms with E-state index in [4.69, 9.17) is 0 Å². The summed E-state index contributed by atoms with van der Waals surface area (Å²) in [4.78, 5) is 2.46. The quantitative estimate of drug-likeness (QED) is 0.909. The van der Waals surface area contributed by atoms with Crippen LogP contribution in [0.3, 0.4) is 0 Å². The summed E-state index contributed by atoms with van der Waals surface area (Å²) in [6, 6.07) is 10.5. The molecule has 1 heterocycles. The molecule has 0 radical (unpaired) electrons. The molecule has 1 aliphatic heterocycles. The molecule has 1 saturated carbocycles. The van der Waals surface area contributed by atoms with E-state index in [0.29, 0.717) is 0 Å². The zero-order valence-electron chi connectivity index (χ0n) is 13.1. The first-order valence-electron chi connectivity index (χ1n) is 8.13. The van der Waals surface area contributed by atoms with E-state index in [2.05, 4.69) is 55.4 Å². The van der Waals surface area contributed by atoms with Crippen LogP contribution in [0.4, 0.5) is 0 Å². The van der Waals surface area contributed by atoms with E-state index >= 15 is 0 Å². The van der Waals surface area contributed by atoms with Crippen molar-refractivity contribution >= 4 is 0 Å². The molecule has 0 bridgehead atoms. The van der Waals surface area contributed by atoms with Gasteiger partial charge < -0.3 is 10.2 Å². The Morgan fingerprint density at radius 1 is 1.25 bits per heavy atom. The molecule has 1 N–H and O–H groups in total. The number of rotatable bonds is 3. The van der Waals surface area contributed by atoms with Crippen molar-refractivity contribution in [1.29, 1.82) is 0 Å². The second-order valence-electron chi connectivity index (χ2n) is 7.08. The number of hydrogen-bond acceptors (Lipinski definition) is 2. The van der Waals surface area contributed by atoms with Crippen molar-refractivity contribution in [2.24, 2.45) is 5.92 Å². The molecule has 0 spiro atoms. The number of benzene rings is 1. The summed E-state index contributed by atoms with van der Waals surface area (Å²) in [5, 5.41) is 3.91. The molecule has 2 aliphatic rings. The van der Waals surface area contributed by atoms with Gasteiger partial charge in [-0.15, -0.1) is 0 Å². The molecular weight excluding hydrogens is 244 g/mol. The Labute approximate surface area is 123 Å². The molecule has 0 amide bonds. The zero-order valence-corrected chi connectivity index (χ0v) is 13.1. The SMILES string of the molecule is Cc1cccc(C2CC(NC3CCN(C)CC3C)C2)c1. The van der Waals surface area contributed by atoms with Crippen LogP contribution in [0.5, 0.6) is 0 Å². The van der Waals surface area contributed by atoms with E-state index in [1.54, 1.807) is 5.56 Å². The van der Waals surface area contributed by atoms with Gasteiger partial charge in [-0.05, 0) is 57.2 Å². The van der Waals surface area contributed by atoms with E-state index in [1.807, 2.05) is 0 Å². The van der Waals surface area contributed by atoms with Crippen LogP contribution in [0.1, 0.15) is 43.2 Å². The average Bonchev–Trinajstić information content (AvgIpc) is 2.35. The molecule has 110 valence electrons. The Hall–Kier alpha value is -0.860. The standard InChI is InChI=1S/C18H28N2/c1-13-5-4-6-15(9-13)16-10-17(11-16)19-18-7-8-20(3)12-14(18)2/h4-6,9,14,16-19H,7-8,10-12H2,1-3H3. The fourth-order valence-corrected chi connectivity index (χ4v) is 3.85. The molecule has 1 saturated heterocycles. The lowest BCUT2D eigenvalue weighted by atomic mass is 9.75. The molecule has 2 unspecified atom stereocenters. The summed E-state index contributed by atoms with van der Waals surface area (Å²) >= 11 is 0. The molecular formula is C18H28N2. The number of hydrogen-bond donors (Lipinski definition) is 1. The van der Waals surface area contributed by atoms with Crippen LogP contribution in [-0.4, -0.2) is 37.1 Å². The predicted molar refractivity (Wildman–Crippen MR) is 85.1 cm³/mol. The third-order valence-electron chi connectivity index (χ3n) is 5.21. The minimum Gasteiger partial charge on any atom is -0.311 e. The van der Waals surface area contributed by atoms with Crippen LogP contribution >= 0.6 is 0 Å². The summed E-state index contributed by atoms with van der Waals surface area (Å²) in [5.41, 5.74) is 2.93. The molecule has 0 aromatic heterocycles. The third kappa shape index (κ3) is 3.07. The number of nitrogens with one attached hydrogen (secondary N) is 1. The van der Waals surface area contributed by atoms with Crippen molar-refractivity contribution in [2.45, 2.75) is 51.1 Å². The summed E-state index contributed by atoms with van der Waals surface area (Å²) in [5.74, 6) is 1.57. The third-order valence-corrected chi connectivity index (χ3v) is 5.21. The van der Waals surface area contributed by atoms with E-state index in [9.17, 15) is 0 Å². The van der Waals surface area contributed by atoms with Crippen molar-refractivity contribution in [3.8, 4) is 0 Å². The Kier molecular flexibility index (Phi) is 4.13. The normalized spacial score (nSPS) is 34.8. The van der Waals surface area contributed by atoms with Gasteiger partial charge in [-0.3, -0.25) is 0 Å². The highest BCUT2D eigenvalue weighted by Crippen LogP contribution is 2.37. The van der Waals surface area contributed by atoms with Crippen molar-refractivity contribution in [3.63, 3.8) is 0 Å². The highest BCUT2D eigenvalue weighted by molar-refractivity contribution is 5.27. The Bertz CT molecular complexity index is 450. The van der Waals surface area contributed by atoms with Crippen LogP contribution in [-0.2, 0) is 0 Å². The van der Waals surface area contributed by atoms with E-state index in [0.717, 1.165) is 23.9 Å². The highest BCUT2D eigenvalue weighted by atomic mass is 15.1. The predicted octanol–water partition coefficient (Wildman–Crippen LogP) is 3.17. The Morgan fingerprint density at radius 2 is 2.05 bits per heavy atom. The fraction of sp³-hybridized carbons (Fsp3) is 0.667. The van der Waals surface area contributed by atoms with Crippen LogP contribution in [0.15, 0.2) is 24.3 Å². The van der Waals surface area contributed by atoms with Crippen LogP contribution in [0.2, 0.25) is 0 Å². The van der Waals surface area contributed by atoms with Gasteiger partial charge in [-0.2, -0.15) is 0 Å². The van der Waals surface area contributed by atoms with Crippen LogP contribution in [0, 0.1) is 12.8 Å². The number of piperidine rings is 1. The van der Waals surface area contributed by atoms with Crippen LogP contribution in [0.25, 0.3) is 0 Å². The van der Waals surface area contributed by atoms with Gasteiger partial charge in [0.15, 0.2) is 0 Å². The lowest BCUT2D eigenvalue weighted by Crippen LogP contribution is -2.53. The lowest BCUT2D eigenvalue weighted by molar-refractivity contribution is 0.145. The number of nitrogens with zero attached hydrogens (tertiary/aromatic N) is 1. The number of aryl methyl sites for hydroxylation is 1. The van der Waals surface area contributed by atoms with Gasteiger partial charge in [-0.1, -0.05) is 36.8 Å². The summed E-state index contributed by atoms with van der Waals surface area (Å²) in [6.07, 6.45) is 3.95. The maximum Gasteiger partial charge on any atom is 0.0120 e. The molecule has 1 aromatic rings. The van der Waals surface area contributed by atoms with E-state index in [1.165, 1.54) is 37.9 Å². The first-order chi connectivity index (χ1) is 9.61. The molecule has 2 heteroatoms. The smallest absolute Gasteiger partial charge is 0.0120 e. The maximum atomic E-state index is 3.91. The van der Waals surface area contributed by atoms with Crippen molar-refractivity contribution < 1.29 is 0 Å². The van der Waals surface area contributed by atoms with Crippen molar-refractivity contribution in [3.05, 3.63) is 35.4 Å². The minimum absolute atomic E-state index is 0.731. The molecule has 2 fully saturated rings. The molecule has 20 heavy (non-hydrogen) atoms. The summed E-state index contributed by atoms with van der Waals surface area (Å²) < 4.78 is 0. The van der Waals surface area contributed by atoms with Gasteiger partial charge in [0, 0.05) is 18.6 Å².